The molecule has 0 aromatic heterocycles. The first-order valence-corrected chi connectivity index (χ1v) is 4.08. The van der Waals surface area contributed by atoms with Gasteiger partial charge in [-0.05, 0) is 12.8 Å². The third-order valence-electron chi connectivity index (χ3n) is 2.32. The smallest absolute Gasteiger partial charge is 0.146 e. The zero-order valence-electron chi connectivity index (χ0n) is 7.48. The molecule has 0 unspecified atom stereocenters. The van der Waals surface area contributed by atoms with E-state index in [1.807, 2.05) is 20.8 Å². The molecule has 0 spiro atoms. The lowest BCUT2D eigenvalue weighted by molar-refractivity contribution is -0.133. The molecule has 0 aromatic carbocycles. The summed E-state index contributed by atoms with van der Waals surface area (Å²) in [5.74, 6) is 0.215. The Balaban J connectivity index is 2.69. The lowest BCUT2D eigenvalue weighted by atomic mass is 9.81. The predicted molar refractivity (Wildman–Crippen MR) is 43.2 cm³/mol. The van der Waals surface area contributed by atoms with Gasteiger partial charge in [-0.2, -0.15) is 0 Å². The van der Waals surface area contributed by atoms with Gasteiger partial charge >= 0.3 is 0 Å². The van der Waals surface area contributed by atoms with Crippen molar-refractivity contribution in [2.45, 2.75) is 33.6 Å². The second-order valence-corrected chi connectivity index (χ2v) is 4.52. The molecular formula is C9H16O2. The van der Waals surface area contributed by atoms with Crippen molar-refractivity contribution >= 4 is 5.78 Å². The van der Waals surface area contributed by atoms with Crippen LogP contribution in [0, 0.1) is 10.8 Å². The van der Waals surface area contributed by atoms with Crippen molar-refractivity contribution in [2.24, 2.45) is 10.8 Å². The Morgan fingerprint density at radius 1 is 1.45 bits per heavy atom. The summed E-state index contributed by atoms with van der Waals surface area (Å²) in [6, 6.07) is 0. The number of ketones is 1. The summed E-state index contributed by atoms with van der Waals surface area (Å²) in [5.41, 5.74) is -0.641. The highest BCUT2D eigenvalue weighted by atomic mass is 16.3. The molecule has 2 heteroatoms. The molecule has 0 aromatic rings. The molecule has 1 aliphatic carbocycles. The molecule has 0 radical (unpaired) electrons. The Labute approximate surface area is 67.6 Å². The van der Waals surface area contributed by atoms with Crippen LogP contribution in [0.2, 0.25) is 0 Å². The van der Waals surface area contributed by atoms with Gasteiger partial charge in [0.1, 0.15) is 5.78 Å². The van der Waals surface area contributed by atoms with E-state index in [1.54, 1.807) is 0 Å². The molecule has 64 valence electrons. The van der Waals surface area contributed by atoms with Gasteiger partial charge in [-0.15, -0.1) is 0 Å². The maximum absolute atomic E-state index is 11.6. The molecule has 2 nitrogen and oxygen atoms in total. The van der Waals surface area contributed by atoms with Crippen LogP contribution in [0.5, 0.6) is 0 Å². The first-order chi connectivity index (χ1) is 4.92. The molecule has 0 heterocycles. The Morgan fingerprint density at radius 2 is 1.91 bits per heavy atom. The molecule has 1 aliphatic rings. The highest BCUT2D eigenvalue weighted by molar-refractivity contribution is 5.91. The summed E-state index contributed by atoms with van der Waals surface area (Å²) >= 11 is 0. The second kappa shape index (κ2) is 2.31. The van der Waals surface area contributed by atoms with Crippen LogP contribution in [0.3, 0.4) is 0 Å². The summed E-state index contributed by atoms with van der Waals surface area (Å²) in [4.78, 5) is 11.6. The number of hydrogen-bond donors (Lipinski definition) is 1. The topological polar surface area (TPSA) is 37.3 Å². The fraction of sp³-hybridized carbons (Fsp3) is 0.889. The average Bonchev–Trinajstić information content (AvgIpc) is 2.64. The normalized spacial score (nSPS) is 21.5. The van der Waals surface area contributed by atoms with E-state index in [0.29, 0.717) is 0 Å². The minimum atomic E-state index is -0.349. The van der Waals surface area contributed by atoms with Crippen molar-refractivity contribution in [3.05, 3.63) is 0 Å². The van der Waals surface area contributed by atoms with Crippen molar-refractivity contribution in [1.82, 2.24) is 0 Å². The van der Waals surface area contributed by atoms with Gasteiger partial charge in [0, 0.05) is 5.41 Å². The van der Waals surface area contributed by atoms with Gasteiger partial charge in [0.15, 0.2) is 0 Å². The highest BCUT2D eigenvalue weighted by Crippen LogP contribution is 2.49. The van der Waals surface area contributed by atoms with E-state index in [0.717, 1.165) is 12.8 Å². The van der Waals surface area contributed by atoms with Crippen LogP contribution in [0.1, 0.15) is 33.6 Å². The summed E-state index contributed by atoms with van der Waals surface area (Å²) in [6.07, 6.45) is 1.75. The molecule has 0 aliphatic heterocycles. The summed E-state index contributed by atoms with van der Waals surface area (Å²) in [6.45, 7) is 5.75. The number of aliphatic hydroxyl groups excluding tert-OH is 1. The molecule has 1 rings (SSSR count). The van der Waals surface area contributed by atoms with Crippen LogP contribution >= 0.6 is 0 Å². The number of rotatable bonds is 2. The number of hydrogen-bond acceptors (Lipinski definition) is 2. The van der Waals surface area contributed by atoms with Crippen molar-refractivity contribution in [3.63, 3.8) is 0 Å². The summed E-state index contributed by atoms with van der Waals surface area (Å²) in [7, 11) is 0. The van der Waals surface area contributed by atoms with Crippen molar-refractivity contribution in [3.8, 4) is 0 Å². The molecular weight excluding hydrogens is 140 g/mol. The third kappa shape index (κ3) is 1.45. The van der Waals surface area contributed by atoms with Crippen LogP contribution < -0.4 is 0 Å². The molecule has 1 N–H and O–H groups in total. The molecule has 0 amide bonds. The Hall–Kier alpha value is -0.370. The Bertz CT molecular complexity index is 172. The standard InChI is InChI=1S/C9H16O2/c1-8(2,3)7(11)9(6-10)4-5-9/h10H,4-6H2,1-3H3. The van der Waals surface area contributed by atoms with Crippen LogP contribution in [-0.2, 0) is 4.79 Å². The highest BCUT2D eigenvalue weighted by Gasteiger charge is 2.52. The quantitative estimate of drug-likeness (QED) is 0.655. The van der Waals surface area contributed by atoms with Crippen molar-refractivity contribution < 1.29 is 9.90 Å². The molecule has 1 saturated carbocycles. The first kappa shape index (κ1) is 8.72. The van der Waals surface area contributed by atoms with Gasteiger partial charge < -0.3 is 5.11 Å². The van der Waals surface area contributed by atoms with Gasteiger partial charge in [-0.1, -0.05) is 20.8 Å². The molecule has 11 heavy (non-hydrogen) atoms. The lowest BCUT2D eigenvalue weighted by Gasteiger charge is -2.22. The Kier molecular flexibility index (Phi) is 1.83. The van der Waals surface area contributed by atoms with E-state index in [4.69, 9.17) is 5.11 Å². The average molecular weight is 156 g/mol. The minimum Gasteiger partial charge on any atom is -0.395 e. The fourth-order valence-electron chi connectivity index (χ4n) is 1.40. The molecule has 1 fully saturated rings. The third-order valence-corrected chi connectivity index (χ3v) is 2.32. The number of carbonyl (C=O) groups is 1. The monoisotopic (exact) mass is 156 g/mol. The Morgan fingerprint density at radius 3 is 2.00 bits per heavy atom. The van der Waals surface area contributed by atoms with Gasteiger partial charge in [-0.3, -0.25) is 4.79 Å². The van der Waals surface area contributed by atoms with Gasteiger partial charge in [-0.25, -0.2) is 0 Å². The maximum Gasteiger partial charge on any atom is 0.146 e. The summed E-state index contributed by atoms with van der Waals surface area (Å²) in [5, 5.41) is 8.97. The van der Waals surface area contributed by atoms with Crippen molar-refractivity contribution in [1.29, 1.82) is 0 Å². The van der Waals surface area contributed by atoms with E-state index in [-0.39, 0.29) is 23.2 Å². The molecule has 0 bridgehead atoms. The molecule has 0 saturated heterocycles. The van der Waals surface area contributed by atoms with Crippen LogP contribution in [-0.4, -0.2) is 17.5 Å². The van der Waals surface area contributed by atoms with E-state index >= 15 is 0 Å². The summed E-state index contributed by atoms with van der Waals surface area (Å²) < 4.78 is 0. The van der Waals surface area contributed by atoms with E-state index in [1.165, 1.54) is 0 Å². The maximum atomic E-state index is 11.6. The fourth-order valence-corrected chi connectivity index (χ4v) is 1.40. The largest absolute Gasteiger partial charge is 0.395 e. The first-order valence-electron chi connectivity index (χ1n) is 4.08. The van der Waals surface area contributed by atoms with Gasteiger partial charge in [0.05, 0.1) is 12.0 Å². The predicted octanol–water partition coefficient (Wildman–Crippen LogP) is 1.37. The van der Waals surface area contributed by atoms with E-state index in [2.05, 4.69) is 0 Å². The zero-order valence-corrected chi connectivity index (χ0v) is 7.48. The van der Waals surface area contributed by atoms with Crippen LogP contribution in [0.15, 0.2) is 0 Å². The van der Waals surface area contributed by atoms with Gasteiger partial charge in [0.25, 0.3) is 0 Å². The minimum absolute atomic E-state index is 0.0309. The number of Topliss-reactive ketones (excluding diaryl/α,β-unsaturated/α-hetero) is 1. The second-order valence-electron chi connectivity index (χ2n) is 4.52. The lowest BCUT2D eigenvalue weighted by Crippen LogP contribution is -2.31. The SMILES string of the molecule is CC(C)(C)C(=O)C1(CO)CC1. The van der Waals surface area contributed by atoms with Crippen LogP contribution in [0.4, 0.5) is 0 Å². The van der Waals surface area contributed by atoms with Crippen LogP contribution in [0.25, 0.3) is 0 Å². The van der Waals surface area contributed by atoms with E-state index in [9.17, 15) is 4.79 Å². The van der Waals surface area contributed by atoms with Crippen molar-refractivity contribution in [2.75, 3.05) is 6.61 Å². The number of aliphatic hydroxyl groups is 1. The zero-order chi connectivity index (χ0) is 8.70. The van der Waals surface area contributed by atoms with Gasteiger partial charge in [0.2, 0.25) is 0 Å². The molecule has 0 atom stereocenters. The number of carbonyl (C=O) groups excluding carboxylic acids is 1. The van der Waals surface area contributed by atoms with E-state index < -0.39 is 0 Å².